The molecular weight excluding hydrogens is 244 g/mol. The molecule has 0 aliphatic heterocycles. The molecule has 0 radical (unpaired) electrons. The molecule has 2 heteroatoms. The number of nitrogen functional groups attached to an aromatic ring is 2. The molecule has 0 fully saturated rings. The lowest BCUT2D eigenvalue weighted by Crippen LogP contribution is -2.06. The molecule has 0 unspecified atom stereocenters. The van der Waals surface area contributed by atoms with Crippen LogP contribution in [0, 0.1) is 0 Å². The molecule has 0 spiro atoms. The maximum atomic E-state index is 6.47. The highest BCUT2D eigenvalue weighted by molar-refractivity contribution is 5.86. The van der Waals surface area contributed by atoms with Gasteiger partial charge in [0.15, 0.2) is 0 Å². The van der Waals surface area contributed by atoms with Crippen LogP contribution in [0.1, 0.15) is 50.7 Å². The average Bonchev–Trinajstić information content (AvgIpc) is 2.38. The van der Waals surface area contributed by atoms with Crippen molar-refractivity contribution >= 4 is 11.4 Å². The third kappa shape index (κ3) is 2.51. The van der Waals surface area contributed by atoms with Gasteiger partial charge in [0.1, 0.15) is 0 Å². The lowest BCUT2D eigenvalue weighted by Gasteiger charge is -2.21. The average molecular weight is 268 g/mol. The topological polar surface area (TPSA) is 52.0 Å². The van der Waals surface area contributed by atoms with Crippen LogP contribution in [0.5, 0.6) is 0 Å². The molecule has 0 aliphatic rings. The first-order valence-electron chi connectivity index (χ1n) is 7.20. The van der Waals surface area contributed by atoms with Crippen molar-refractivity contribution in [3.05, 3.63) is 47.5 Å². The molecular formula is C18H24N2. The molecule has 0 bridgehead atoms. The molecule has 2 nitrogen and oxygen atoms in total. The van der Waals surface area contributed by atoms with Gasteiger partial charge in [-0.15, -0.1) is 0 Å². The second-order valence-electron chi connectivity index (χ2n) is 5.93. The largest absolute Gasteiger partial charge is 0.398 e. The van der Waals surface area contributed by atoms with Gasteiger partial charge in [-0.05, 0) is 29.0 Å². The minimum atomic E-state index is 0.400. The number of nitrogens with two attached hydrogens (primary N) is 2. The number of hydrogen-bond acceptors (Lipinski definition) is 2. The van der Waals surface area contributed by atoms with Crippen LogP contribution < -0.4 is 11.5 Å². The van der Waals surface area contributed by atoms with Gasteiger partial charge in [-0.3, -0.25) is 0 Å². The number of para-hydroxylation sites is 1. The molecule has 2 aromatic carbocycles. The molecule has 0 heterocycles. The minimum absolute atomic E-state index is 0.400. The van der Waals surface area contributed by atoms with Crippen molar-refractivity contribution in [1.82, 2.24) is 0 Å². The van der Waals surface area contributed by atoms with Crippen molar-refractivity contribution in [3.8, 4) is 11.1 Å². The summed E-state index contributed by atoms with van der Waals surface area (Å²) in [4.78, 5) is 0. The minimum Gasteiger partial charge on any atom is -0.398 e. The van der Waals surface area contributed by atoms with E-state index in [4.69, 9.17) is 11.5 Å². The molecule has 0 saturated carbocycles. The highest BCUT2D eigenvalue weighted by Gasteiger charge is 2.17. The Bertz CT molecular complexity index is 613. The van der Waals surface area contributed by atoms with Crippen molar-refractivity contribution < 1.29 is 0 Å². The fraction of sp³-hybridized carbons (Fsp3) is 0.333. The Balaban J connectivity index is 2.69. The smallest absolute Gasteiger partial charge is 0.0432 e. The number of benzene rings is 2. The van der Waals surface area contributed by atoms with Crippen LogP contribution in [0.2, 0.25) is 0 Å². The Hall–Kier alpha value is -1.96. The maximum Gasteiger partial charge on any atom is 0.0432 e. The van der Waals surface area contributed by atoms with Gasteiger partial charge < -0.3 is 11.5 Å². The van der Waals surface area contributed by atoms with Crippen LogP contribution in [-0.4, -0.2) is 0 Å². The van der Waals surface area contributed by atoms with E-state index in [2.05, 4.69) is 39.8 Å². The summed E-state index contributed by atoms with van der Waals surface area (Å²) in [5, 5.41) is 0. The van der Waals surface area contributed by atoms with E-state index < -0.39 is 0 Å². The Morgan fingerprint density at radius 3 is 1.95 bits per heavy atom. The molecule has 4 N–H and O–H groups in total. The highest BCUT2D eigenvalue weighted by atomic mass is 14.6. The Morgan fingerprint density at radius 2 is 1.40 bits per heavy atom. The molecule has 2 aromatic rings. The van der Waals surface area contributed by atoms with Crippen LogP contribution in [0.25, 0.3) is 11.1 Å². The van der Waals surface area contributed by atoms with Crippen LogP contribution >= 0.6 is 0 Å². The number of hydrogen-bond donors (Lipinski definition) is 2. The first-order valence-corrected chi connectivity index (χ1v) is 7.20. The van der Waals surface area contributed by atoms with Crippen LogP contribution in [-0.2, 0) is 0 Å². The third-order valence-electron chi connectivity index (χ3n) is 3.77. The zero-order chi connectivity index (χ0) is 14.9. The standard InChI is InChI=1S/C18H24N2/c1-11(2)13-9-10-15(18(20)17(13)12(3)4)14-7-5-6-8-16(14)19/h5-12H,19-20H2,1-4H3. The van der Waals surface area contributed by atoms with Gasteiger partial charge in [0, 0.05) is 22.5 Å². The van der Waals surface area contributed by atoms with Gasteiger partial charge in [-0.1, -0.05) is 58.0 Å². The summed E-state index contributed by atoms with van der Waals surface area (Å²) < 4.78 is 0. The predicted octanol–water partition coefficient (Wildman–Crippen LogP) is 4.76. The van der Waals surface area contributed by atoms with E-state index in [-0.39, 0.29) is 0 Å². The van der Waals surface area contributed by atoms with Gasteiger partial charge in [0.05, 0.1) is 0 Å². The lowest BCUT2D eigenvalue weighted by atomic mass is 9.86. The molecule has 20 heavy (non-hydrogen) atoms. The summed E-state index contributed by atoms with van der Waals surface area (Å²) in [6.07, 6.45) is 0. The summed E-state index contributed by atoms with van der Waals surface area (Å²) in [6, 6.07) is 12.2. The molecule has 0 saturated heterocycles. The fourth-order valence-corrected chi connectivity index (χ4v) is 2.78. The van der Waals surface area contributed by atoms with Crippen molar-refractivity contribution in [2.75, 3.05) is 11.5 Å². The lowest BCUT2D eigenvalue weighted by molar-refractivity contribution is 0.793. The number of rotatable bonds is 3. The Kier molecular flexibility index (Phi) is 4.03. The zero-order valence-electron chi connectivity index (χ0n) is 12.8. The quantitative estimate of drug-likeness (QED) is 0.788. The van der Waals surface area contributed by atoms with Gasteiger partial charge in [-0.2, -0.15) is 0 Å². The first kappa shape index (κ1) is 14.4. The second-order valence-corrected chi connectivity index (χ2v) is 5.93. The zero-order valence-corrected chi connectivity index (χ0v) is 12.8. The van der Waals surface area contributed by atoms with Crippen molar-refractivity contribution in [1.29, 1.82) is 0 Å². The van der Waals surface area contributed by atoms with E-state index in [9.17, 15) is 0 Å². The van der Waals surface area contributed by atoms with Crippen LogP contribution in [0.3, 0.4) is 0 Å². The molecule has 0 amide bonds. The summed E-state index contributed by atoms with van der Waals surface area (Å²) in [5.41, 5.74) is 18.8. The normalized spacial score (nSPS) is 11.3. The maximum absolute atomic E-state index is 6.47. The predicted molar refractivity (Wildman–Crippen MR) is 88.9 cm³/mol. The fourth-order valence-electron chi connectivity index (χ4n) is 2.78. The van der Waals surface area contributed by atoms with E-state index >= 15 is 0 Å². The summed E-state index contributed by atoms with van der Waals surface area (Å²) >= 11 is 0. The van der Waals surface area contributed by atoms with E-state index in [0.29, 0.717) is 11.8 Å². The molecule has 2 rings (SSSR count). The van der Waals surface area contributed by atoms with Gasteiger partial charge in [-0.25, -0.2) is 0 Å². The van der Waals surface area contributed by atoms with Gasteiger partial charge >= 0.3 is 0 Å². The van der Waals surface area contributed by atoms with Gasteiger partial charge in [0.25, 0.3) is 0 Å². The Labute approximate surface area is 121 Å². The van der Waals surface area contributed by atoms with Crippen molar-refractivity contribution in [2.24, 2.45) is 0 Å². The van der Waals surface area contributed by atoms with Crippen molar-refractivity contribution in [3.63, 3.8) is 0 Å². The first-order chi connectivity index (χ1) is 9.43. The van der Waals surface area contributed by atoms with Gasteiger partial charge in [0.2, 0.25) is 0 Å². The summed E-state index contributed by atoms with van der Waals surface area (Å²) in [5.74, 6) is 0.870. The summed E-state index contributed by atoms with van der Waals surface area (Å²) in [6.45, 7) is 8.79. The monoisotopic (exact) mass is 268 g/mol. The molecule has 106 valence electrons. The highest BCUT2D eigenvalue weighted by Crippen LogP contribution is 2.39. The third-order valence-corrected chi connectivity index (χ3v) is 3.77. The second kappa shape index (κ2) is 5.58. The Morgan fingerprint density at radius 1 is 0.750 bits per heavy atom. The molecule has 0 aromatic heterocycles. The van der Waals surface area contributed by atoms with E-state index in [1.54, 1.807) is 0 Å². The van der Waals surface area contributed by atoms with Crippen molar-refractivity contribution in [2.45, 2.75) is 39.5 Å². The van der Waals surface area contributed by atoms with E-state index in [1.165, 1.54) is 11.1 Å². The molecule has 0 aliphatic carbocycles. The summed E-state index contributed by atoms with van der Waals surface area (Å²) in [7, 11) is 0. The molecule has 0 atom stereocenters. The van der Waals surface area contributed by atoms with Crippen LogP contribution in [0.4, 0.5) is 11.4 Å². The number of anilines is 2. The van der Waals surface area contributed by atoms with E-state index in [0.717, 1.165) is 22.5 Å². The van der Waals surface area contributed by atoms with E-state index in [1.807, 2.05) is 24.3 Å². The SMILES string of the molecule is CC(C)c1ccc(-c2ccccc2N)c(N)c1C(C)C. The van der Waals surface area contributed by atoms with Crippen LogP contribution in [0.15, 0.2) is 36.4 Å².